The van der Waals surface area contributed by atoms with Gasteiger partial charge < -0.3 is 10.6 Å². The molecule has 0 aromatic carbocycles. The van der Waals surface area contributed by atoms with Crippen LogP contribution in [0.3, 0.4) is 0 Å². The van der Waals surface area contributed by atoms with E-state index in [9.17, 15) is 0 Å². The minimum Gasteiger partial charge on any atom is -0.357 e. The van der Waals surface area contributed by atoms with Crippen molar-refractivity contribution >= 4 is 29.8 Å². The Bertz CT molecular complexity index is 358. The van der Waals surface area contributed by atoms with Crippen LogP contribution in [0.1, 0.15) is 32.1 Å². The number of aromatic nitrogens is 3. The number of hydrogen-bond donors (Lipinski definition) is 3. The van der Waals surface area contributed by atoms with E-state index in [1.807, 2.05) is 0 Å². The highest BCUT2D eigenvalue weighted by atomic mass is 32.2. The van der Waals surface area contributed by atoms with Crippen LogP contribution in [-0.4, -0.2) is 34.3 Å². The average Bonchev–Trinajstić information content (AvgIpc) is 2.45. The van der Waals surface area contributed by atoms with E-state index in [2.05, 4.69) is 30.3 Å². The van der Waals surface area contributed by atoms with Gasteiger partial charge in [0.2, 0.25) is 17.8 Å². The number of anilines is 3. The number of nitrogens with zero attached hydrogens (tertiary/aromatic N) is 3. The van der Waals surface area contributed by atoms with Crippen LogP contribution in [0.5, 0.6) is 0 Å². The fourth-order valence-electron chi connectivity index (χ4n) is 1.96. The fourth-order valence-corrected chi connectivity index (χ4v) is 2.90. The topological polar surface area (TPSA) is 74.8 Å². The van der Waals surface area contributed by atoms with E-state index < -0.39 is 0 Å². The summed E-state index contributed by atoms with van der Waals surface area (Å²) in [7, 11) is 3.60. The minimum absolute atomic E-state index is 0.570. The predicted octanol–water partition coefficient (Wildman–Crippen LogP) is 2.35. The van der Waals surface area contributed by atoms with Gasteiger partial charge >= 0.3 is 0 Å². The Labute approximate surface area is 112 Å². The summed E-state index contributed by atoms with van der Waals surface area (Å²) in [5.41, 5.74) is 0. The smallest absolute Gasteiger partial charge is 0.239 e. The SMILES string of the molecule is CNc1nc(NC)nc(NSC2CCCCC2)n1. The first kappa shape index (κ1) is 13.2. The molecule has 1 aliphatic rings. The molecule has 6 nitrogen and oxygen atoms in total. The van der Waals surface area contributed by atoms with Gasteiger partial charge in [-0.3, -0.25) is 4.72 Å². The molecule has 2 rings (SSSR count). The molecule has 0 spiro atoms. The van der Waals surface area contributed by atoms with Gasteiger partial charge in [-0.05, 0) is 24.8 Å². The highest BCUT2D eigenvalue weighted by Gasteiger charge is 2.14. The van der Waals surface area contributed by atoms with Gasteiger partial charge in [0.15, 0.2) is 0 Å². The first-order valence-corrected chi connectivity index (χ1v) is 7.23. The third kappa shape index (κ3) is 3.63. The lowest BCUT2D eigenvalue weighted by Gasteiger charge is -2.20. The van der Waals surface area contributed by atoms with E-state index in [-0.39, 0.29) is 0 Å². The zero-order chi connectivity index (χ0) is 12.8. The summed E-state index contributed by atoms with van der Waals surface area (Å²) in [5.74, 6) is 1.75. The Morgan fingerprint density at radius 2 is 1.44 bits per heavy atom. The van der Waals surface area contributed by atoms with Crippen LogP contribution in [0.2, 0.25) is 0 Å². The fraction of sp³-hybridized carbons (Fsp3) is 0.727. The van der Waals surface area contributed by atoms with Gasteiger partial charge in [0.1, 0.15) is 0 Å². The molecule has 3 N–H and O–H groups in total. The van der Waals surface area contributed by atoms with Crippen LogP contribution in [-0.2, 0) is 0 Å². The van der Waals surface area contributed by atoms with Gasteiger partial charge in [-0.2, -0.15) is 15.0 Å². The van der Waals surface area contributed by atoms with Gasteiger partial charge in [0.25, 0.3) is 0 Å². The Balaban J connectivity index is 1.94. The third-order valence-corrected chi connectivity index (χ3v) is 4.06. The number of nitrogens with one attached hydrogen (secondary N) is 3. The van der Waals surface area contributed by atoms with E-state index in [0.717, 1.165) is 0 Å². The van der Waals surface area contributed by atoms with Crippen LogP contribution in [0.25, 0.3) is 0 Å². The molecule has 1 aromatic rings. The third-order valence-electron chi connectivity index (χ3n) is 2.95. The molecular weight excluding hydrogens is 248 g/mol. The van der Waals surface area contributed by atoms with E-state index >= 15 is 0 Å². The molecule has 0 unspecified atom stereocenters. The molecular formula is C11H20N6S. The van der Waals surface area contributed by atoms with Crippen LogP contribution >= 0.6 is 11.9 Å². The Morgan fingerprint density at radius 1 is 0.889 bits per heavy atom. The van der Waals surface area contributed by atoms with Crippen LogP contribution in [0.4, 0.5) is 17.8 Å². The van der Waals surface area contributed by atoms with Crippen molar-refractivity contribution in [1.82, 2.24) is 15.0 Å². The van der Waals surface area contributed by atoms with Crippen molar-refractivity contribution in [2.24, 2.45) is 0 Å². The van der Waals surface area contributed by atoms with Crippen molar-refractivity contribution in [3.05, 3.63) is 0 Å². The van der Waals surface area contributed by atoms with Crippen molar-refractivity contribution in [2.45, 2.75) is 37.4 Å². The molecule has 0 amide bonds. The van der Waals surface area contributed by atoms with Crippen LogP contribution in [0, 0.1) is 0 Å². The van der Waals surface area contributed by atoms with E-state index in [0.29, 0.717) is 23.1 Å². The summed E-state index contributed by atoms with van der Waals surface area (Å²) >= 11 is 1.73. The molecule has 1 heterocycles. The predicted molar refractivity (Wildman–Crippen MR) is 77.0 cm³/mol. The van der Waals surface area contributed by atoms with Gasteiger partial charge in [0.05, 0.1) is 0 Å². The lowest BCUT2D eigenvalue weighted by Crippen LogP contribution is -2.12. The van der Waals surface area contributed by atoms with Crippen LogP contribution in [0.15, 0.2) is 0 Å². The zero-order valence-corrected chi connectivity index (χ0v) is 11.7. The zero-order valence-electron chi connectivity index (χ0n) is 10.9. The molecule has 7 heteroatoms. The lowest BCUT2D eigenvalue weighted by atomic mass is 10.0. The maximum Gasteiger partial charge on any atom is 0.239 e. The van der Waals surface area contributed by atoms with Gasteiger partial charge in [0, 0.05) is 19.3 Å². The second kappa shape index (κ2) is 6.63. The second-order valence-corrected chi connectivity index (χ2v) is 5.39. The summed E-state index contributed by atoms with van der Waals surface area (Å²) in [6.45, 7) is 0. The molecule has 18 heavy (non-hydrogen) atoms. The molecule has 0 atom stereocenters. The van der Waals surface area contributed by atoms with Gasteiger partial charge in [-0.1, -0.05) is 19.3 Å². The van der Waals surface area contributed by atoms with Gasteiger partial charge in [-0.15, -0.1) is 0 Å². The highest BCUT2D eigenvalue weighted by Crippen LogP contribution is 2.28. The summed E-state index contributed by atoms with van der Waals surface area (Å²) in [4.78, 5) is 12.7. The standard InChI is InChI=1S/C11H20N6S/c1-12-9-14-10(13-2)16-11(15-9)17-18-8-6-4-3-5-7-8/h8H,3-7H2,1-2H3,(H3,12,13,14,15,16,17). The quantitative estimate of drug-likeness (QED) is 0.708. The maximum atomic E-state index is 4.28. The molecule has 1 saturated carbocycles. The second-order valence-electron chi connectivity index (χ2n) is 4.29. The van der Waals surface area contributed by atoms with E-state index in [1.54, 1.807) is 26.0 Å². The highest BCUT2D eigenvalue weighted by molar-refractivity contribution is 8.01. The van der Waals surface area contributed by atoms with Gasteiger partial charge in [-0.25, -0.2) is 0 Å². The summed E-state index contributed by atoms with van der Waals surface area (Å²) < 4.78 is 3.24. The Morgan fingerprint density at radius 3 is 2.00 bits per heavy atom. The number of rotatable bonds is 5. The molecule has 100 valence electrons. The maximum absolute atomic E-state index is 4.28. The number of hydrogen-bond acceptors (Lipinski definition) is 7. The molecule has 0 radical (unpaired) electrons. The summed E-state index contributed by atoms with van der Waals surface area (Å²) in [6.07, 6.45) is 6.60. The normalized spacial score (nSPS) is 16.3. The van der Waals surface area contributed by atoms with E-state index in [4.69, 9.17) is 0 Å². The molecule has 1 fully saturated rings. The van der Waals surface area contributed by atoms with Crippen molar-refractivity contribution in [1.29, 1.82) is 0 Å². The first-order valence-electron chi connectivity index (χ1n) is 6.35. The Kier molecular flexibility index (Phi) is 4.86. The van der Waals surface area contributed by atoms with E-state index in [1.165, 1.54) is 32.1 Å². The molecule has 0 saturated heterocycles. The average molecular weight is 268 g/mol. The summed E-state index contributed by atoms with van der Waals surface area (Å²) in [6, 6.07) is 0. The minimum atomic E-state index is 0.570. The lowest BCUT2D eigenvalue weighted by molar-refractivity contribution is 0.516. The molecule has 0 aliphatic heterocycles. The summed E-state index contributed by atoms with van der Waals surface area (Å²) in [5, 5.41) is 6.53. The largest absolute Gasteiger partial charge is 0.357 e. The van der Waals surface area contributed by atoms with Crippen LogP contribution < -0.4 is 15.4 Å². The van der Waals surface area contributed by atoms with Crippen molar-refractivity contribution < 1.29 is 0 Å². The van der Waals surface area contributed by atoms with Crippen molar-refractivity contribution in [3.8, 4) is 0 Å². The Hall–Kier alpha value is -1.24. The molecule has 1 aliphatic carbocycles. The first-order chi connectivity index (χ1) is 8.81. The molecule has 0 bridgehead atoms. The van der Waals surface area contributed by atoms with Crippen molar-refractivity contribution in [2.75, 3.05) is 29.5 Å². The van der Waals surface area contributed by atoms with Crippen molar-refractivity contribution in [3.63, 3.8) is 0 Å². The monoisotopic (exact) mass is 268 g/mol. The molecule has 1 aromatic heterocycles.